The van der Waals surface area contributed by atoms with Gasteiger partial charge in [0.15, 0.2) is 6.10 Å². The Morgan fingerprint density at radius 2 is 1.90 bits per heavy atom. The fourth-order valence-electron chi connectivity index (χ4n) is 2.85. The van der Waals surface area contributed by atoms with Crippen LogP contribution in [0.1, 0.15) is 17.5 Å². The van der Waals surface area contributed by atoms with Crippen LogP contribution in [-0.2, 0) is 27.4 Å². The number of nitrogens with one attached hydrogen (secondary N) is 2. The Morgan fingerprint density at radius 1 is 1.17 bits per heavy atom. The van der Waals surface area contributed by atoms with Crippen molar-refractivity contribution in [3.8, 4) is 0 Å². The minimum absolute atomic E-state index is 0.115. The van der Waals surface area contributed by atoms with Crippen LogP contribution < -0.4 is 16.4 Å². The molecule has 3 rings (SSSR count). The summed E-state index contributed by atoms with van der Waals surface area (Å²) in [6.07, 6.45) is -0.0450. The molecule has 0 aliphatic carbocycles. The Hall–Kier alpha value is -3.07. The average molecular weight is 475 g/mol. The third-order valence-electron chi connectivity index (χ3n) is 4.44. The molecule has 4 N–H and O–H groups in total. The van der Waals surface area contributed by atoms with Gasteiger partial charge in [0.25, 0.3) is 0 Å². The molecule has 2 aromatic carbocycles. The van der Waals surface area contributed by atoms with E-state index in [0.29, 0.717) is 16.7 Å². The number of nitrogens with two attached hydrogens (primary N) is 1. The lowest BCUT2D eigenvalue weighted by Gasteiger charge is -2.19. The van der Waals surface area contributed by atoms with Gasteiger partial charge in [-0.1, -0.05) is 47.6 Å². The van der Waals surface area contributed by atoms with Crippen LogP contribution in [0.3, 0.4) is 0 Å². The number of halogens is 1. The molecule has 0 saturated heterocycles. The first-order valence-corrected chi connectivity index (χ1v) is 10.3. The molecule has 0 spiro atoms. The molecule has 8 nitrogen and oxygen atoms in total. The van der Waals surface area contributed by atoms with Gasteiger partial charge in [-0.2, -0.15) is 0 Å². The van der Waals surface area contributed by atoms with Crippen molar-refractivity contribution >= 4 is 38.2 Å². The normalized spacial score (nSPS) is 16.2. The summed E-state index contributed by atoms with van der Waals surface area (Å²) >= 11 is 3.26. The Labute approximate surface area is 182 Å². The Morgan fingerprint density at radius 3 is 2.57 bits per heavy atom. The number of oxime groups is 1. The molecule has 1 unspecified atom stereocenters. The van der Waals surface area contributed by atoms with Crippen LogP contribution in [0.5, 0.6) is 0 Å². The van der Waals surface area contributed by atoms with E-state index in [0.717, 1.165) is 11.1 Å². The smallest absolute Gasteiger partial charge is 0.408 e. The summed E-state index contributed by atoms with van der Waals surface area (Å²) in [5, 5.41) is 9.25. The second-order valence-electron chi connectivity index (χ2n) is 6.85. The molecule has 0 fully saturated rings. The van der Waals surface area contributed by atoms with Crippen LogP contribution in [0.2, 0.25) is 0 Å². The SMILES string of the molecule is Nc1ccc(C[C@H](NC(=O)OCc2ccccc2)C(=O)NCC2CC(Br)=NO2)cc1. The molecule has 1 heterocycles. The van der Waals surface area contributed by atoms with Gasteiger partial charge < -0.3 is 25.9 Å². The number of alkyl carbamates (subject to hydrolysis) is 1. The minimum Gasteiger partial charge on any atom is -0.445 e. The van der Waals surface area contributed by atoms with Crippen LogP contribution in [0, 0.1) is 0 Å². The lowest BCUT2D eigenvalue weighted by Crippen LogP contribution is -2.49. The Kier molecular flexibility index (Phi) is 7.67. The maximum atomic E-state index is 12.8. The molecule has 1 aliphatic rings. The van der Waals surface area contributed by atoms with Gasteiger partial charge in [-0.05, 0) is 39.2 Å². The van der Waals surface area contributed by atoms with Gasteiger partial charge >= 0.3 is 6.09 Å². The van der Waals surface area contributed by atoms with Crippen molar-refractivity contribution in [2.45, 2.75) is 31.6 Å². The predicted octanol–water partition coefficient (Wildman–Crippen LogP) is 2.72. The van der Waals surface area contributed by atoms with Crippen molar-refractivity contribution in [3.63, 3.8) is 0 Å². The highest BCUT2D eigenvalue weighted by Gasteiger charge is 2.25. The van der Waals surface area contributed by atoms with Gasteiger partial charge in [0.2, 0.25) is 5.91 Å². The molecule has 2 amide bonds. The number of nitrogens with zero attached hydrogens (tertiary/aromatic N) is 1. The van der Waals surface area contributed by atoms with E-state index in [-0.39, 0.29) is 31.6 Å². The van der Waals surface area contributed by atoms with Crippen LogP contribution >= 0.6 is 15.9 Å². The molecule has 2 atom stereocenters. The number of rotatable bonds is 8. The van der Waals surface area contributed by atoms with E-state index >= 15 is 0 Å². The number of carbonyl (C=O) groups is 2. The standard InChI is InChI=1S/C21H23BrN4O4/c22-19-11-17(30-26-19)12-24-20(27)18(10-14-6-8-16(23)9-7-14)25-21(28)29-13-15-4-2-1-3-5-15/h1-9,17-18H,10-13,23H2,(H,24,27)(H,25,28)/t17?,18-/m0/s1. The molecule has 30 heavy (non-hydrogen) atoms. The molecule has 9 heteroatoms. The fraction of sp³-hybridized carbons (Fsp3) is 0.286. The summed E-state index contributed by atoms with van der Waals surface area (Å²) < 4.78 is 5.96. The Balaban J connectivity index is 1.58. The lowest BCUT2D eigenvalue weighted by molar-refractivity contribution is -0.123. The molecule has 2 aromatic rings. The quantitative estimate of drug-likeness (QED) is 0.508. The number of amides is 2. The van der Waals surface area contributed by atoms with Gasteiger partial charge in [-0.3, -0.25) is 4.79 Å². The number of nitrogen functional groups attached to an aromatic ring is 1. The molecule has 0 aromatic heterocycles. The van der Waals surface area contributed by atoms with E-state index in [4.69, 9.17) is 15.3 Å². The first-order valence-electron chi connectivity index (χ1n) is 9.47. The van der Waals surface area contributed by atoms with E-state index in [1.807, 2.05) is 42.5 Å². The Bertz CT molecular complexity index is 890. The highest BCUT2D eigenvalue weighted by Crippen LogP contribution is 2.14. The molecular formula is C21H23BrN4O4. The number of benzene rings is 2. The van der Waals surface area contributed by atoms with Crippen LogP contribution in [0.25, 0.3) is 0 Å². The second kappa shape index (κ2) is 10.6. The van der Waals surface area contributed by atoms with E-state index in [1.54, 1.807) is 12.1 Å². The summed E-state index contributed by atoms with van der Waals surface area (Å²) in [6, 6.07) is 15.6. The first-order chi connectivity index (χ1) is 14.5. The van der Waals surface area contributed by atoms with Crippen LogP contribution in [0.4, 0.5) is 10.5 Å². The zero-order chi connectivity index (χ0) is 21.3. The van der Waals surface area contributed by atoms with Gasteiger partial charge in [-0.25, -0.2) is 4.79 Å². The summed E-state index contributed by atoms with van der Waals surface area (Å²) in [4.78, 5) is 30.2. The number of ether oxygens (including phenoxy) is 1. The molecule has 0 radical (unpaired) electrons. The van der Waals surface area contributed by atoms with E-state index in [1.165, 1.54) is 0 Å². The van der Waals surface area contributed by atoms with E-state index in [2.05, 4.69) is 31.7 Å². The highest BCUT2D eigenvalue weighted by atomic mass is 79.9. The monoisotopic (exact) mass is 474 g/mol. The first kappa shape index (κ1) is 21.6. The zero-order valence-corrected chi connectivity index (χ0v) is 17.8. The molecule has 0 bridgehead atoms. The largest absolute Gasteiger partial charge is 0.445 e. The number of carbonyl (C=O) groups excluding carboxylic acids is 2. The van der Waals surface area contributed by atoms with Crippen molar-refractivity contribution in [2.24, 2.45) is 5.16 Å². The fourth-order valence-corrected chi connectivity index (χ4v) is 3.29. The summed E-state index contributed by atoms with van der Waals surface area (Å²) in [5.74, 6) is -0.338. The minimum atomic E-state index is -0.817. The van der Waals surface area contributed by atoms with Crippen molar-refractivity contribution in [1.82, 2.24) is 10.6 Å². The zero-order valence-electron chi connectivity index (χ0n) is 16.2. The molecule has 0 saturated carbocycles. The topological polar surface area (TPSA) is 115 Å². The van der Waals surface area contributed by atoms with Crippen molar-refractivity contribution in [3.05, 3.63) is 65.7 Å². The summed E-state index contributed by atoms with van der Waals surface area (Å²) in [7, 11) is 0. The lowest BCUT2D eigenvalue weighted by atomic mass is 10.0. The van der Waals surface area contributed by atoms with E-state index in [9.17, 15) is 9.59 Å². The van der Waals surface area contributed by atoms with Crippen molar-refractivity contribution in [2.75, 3.05) is 12.3 Å². The number of hydrogen-bond acceptors (Lipinski definition) is 6. The van der Waals surface area contributed by atoms with Crippen molar-refractivity contribution < 1.29 is 19.2 Å². The maximum absolute atomic E-state index is 12.8. The summed E-state index contributed by atoms with van der Waals surface area (Å²) in [5.41, 5.74) is 8.06. The molecule has 158 valence electrons. The van der Waals surface area contributed by atoms with E-state index < -0.39 is 12.1 Å². The summed E-state index contributed by atoms with van der Waals surface area (Å²) in [6.45, 7) is 0.389. The highest BCUT2D eigenvalue weighted by molar-refractivity contribution is 9.18. The molecular weight excluding hydrogens is 452 g/mol. The predicted molar refractivity (Wildman–Crippen MR) is 117 cm³/mol. The van der Waals surface area contributed by atoms with Crippen LogP contribution in [0.15, 0.2) is 59.8 Å². The van der Waals surface area contributed by atoms with Gasteiger partial charge in [0, 0.05) is 18.5 Å². The van der Waals surface area contributed by atoms with Gasteiger partial charge in [0.05, 0.1) is 6.54 Å². The number of anilines is 1. The third kappa shape index (κ3) is 6.77. The van der Waals surface area contributed by atoms with Crippen LogP contribution in [-0.4, -0.2) is 35.3 Å². The number of hydrogen-bond donors (Lipinski definition) is 3. The van der Waals surface area contributed by atoms with Gasteiger partial charge in [-0.15, -0.1) is 0 Å². The maximum Gasteiger partial charge on any atom is 0.408 e. The van der Waals surface area contributed by atoms with Crippen molar-refractivity contribution in [1.29, 1.82) is 0 Å². The second-order valence-corrected chi connectivity index (χ2v) is 7.76. The van der Waals surface area contributed by atoms with Gasteiger partial charge in [0.1, 0.15) is 17.3 Å². The molecule has 1 aliphatic heterocycles. The third-order valence-corrected chi connectivity index (χ3v) is 4.91. The average Bonchev–Trinajstić information content (AvgIpc) is 3.17.